The van der Waals surface area contributed by atoms with Crippen LogP contribution >= 0.6 is 0 Å². The first-order valence-corrected chi connectivity index (χ1v) is 10.6. The maximum atomic E-state index is 12.7. The van der Waals surface area contributed by atoms with Crippen LogP contribution in [0.5, 0.6) is 5.75 Å². The molecule has 8 heteroatoms. The second-order valence-electron chi connectivity index (χ2n) is 7.48. The van der Waals surface area contributed by atoms with Crippen LogP contribution in [0.3, 0.4) is 0 Å². The number of amides is 2. The Bertz CT molecular complexity index is 1020. The standard InChI is InChI=1S/C23H28N6O2/c1-4-31-20-10-8-19(9-11-20)25-23(30)28-15-13-27(14-16-28)22-17(2)26-29(18(22)3)21-7-5-6-12-24-21/h5-12H,4,13-16H2,1-3H3,(H,25,30). The SMILES string of the molecule is CCOc1ccc(NC(=O)N2CCN(c3c(C)nn(-c4ccccn4)c3C)CC2)cc1. The quantitative estimate of drug-likeness (QED) is 0.682. The molecule has 0 radical (unpaired) electrons. The van der Waals surface area contributed by atoms with E-state index >= 15 is 0 Å². The van der Waals surface area contributed by atoms with Crippen molar-refractivity contribution in [3.05, 3.63) is 60.0 Å². The molecule has 8 nitrogen and oxygen atoms in total. The van der Waals surface area contributed by atoms with E-state index in [0.29, 0.717) is 19.7 Å². The Morgan fingerprint density at radius 2 is 1.81 bits per heavy atom. The first kappa shape index (κ1) is 20.7. The minimum absolute atomic E-state index is 0.0820. The Kier molecular flexibility index (Phi) is 6.06. The monoisotopic (exact) mass is 420 g/mol. The normalized spacial score (nSPS) is 13.9. The van der Waals surface area contributed by atoms with Gasteiger partial charge in [-0.15, -0.1) is 0 Å². The van der Waals surface area contributed by atoms with Gasteiger partial charge >= 0.3 is 6.03 Å². The molecule has 1 N–H and O–H groups in total. The maximum Gasteiger partial charge on any atom is 0.321 e. The predicted octanol–water partition coefficient (Wildman–Crippen LogP) is 3.64. The van der Waals surface area contributed by atoms with Gasteiger partial charge in [-0.25, -0.2) is 14.5 Å². The van der Waals surface area contributed by atoms with E-state index in [4.69, 9.17) is 9.84 Å². The van der Waals surface area contributed by atoms with Crippen LogP contribution in [-0.4, -0.2) is 58.5 Å². The molecule has 0 saturated carbocycles. The fourth-order valence-corrected chi connectivity index (χ4v) is 3.93. The molecule has 0 atom stereocenters. The van der Waals surface area contributed by atoms with Gasteiger partial charge in [0, 0.05) is 38.1 Å². The largest absolute Gasteiger partial charge is 0.494 e. The molecule has 0 unspecified atom stereocenters. The lowest BCUT2D eigenvalue weighted by Gasteiger charge is -2.36. The number of carbonyl (C=O) groups is 1. The van der Waals surface area contributed by atoms with Crippen LogP contribution in [0.2, 0.25) is 0 Å². The summed E-state index contributed by atoms with van der Waals surface area (Å²) in [5, 5.41) is 7.67. The second-order valence-corrected chi connectivity index (χ2v) is 7.48. The zero-order chi connectivity index (χ0) is 21.8. The Morgan fingerprint density at radius 1 is 1.06 bits per heavy atom. The number of nitrogens with one attached hydrogen (secondary N) is 1. The molecule has 2 amide bonds. The molecule has 0 bridgehead atoms. The van der Waals surface area contributed by atoms with Crippen LogP contribution in [0, 0.1) is 13.8 Å². The summed E-state index contributed by atoms with van der Waals surface area (Å²) >= 11 is 0. The van der Waals surface area contributed by atoms with E-state index in [2.05, 4.69) is 22.1 Å². The van der Waals surface area contributed by atoms with Gasteiger partial charge in [-0.05, 0) is 57.2 Å². The molecule has 1 fully saturated rings. The summed E-state index contributed by atoms with van der Waals surface area (Å²) in [6, 6.07) is 13.2. The number of nitrogens with zero attached hydrogens (tertiary/aromatic N) is 5. The molecular formula is C23H28N6O2. The fourth-order valence-electron chi connectivity index (χ4n) is 3.93. The Hall–Kier alpha value is -3.55. The average Bonchev–Trinajstić information content (AvgIpc) is 3.10. The number of benzene rings is 1. The number of hydrogen-bond acceptors (Lipinski definition) is 5. The van der Waals surface area contributed by atoms with E-state index in [0.717, 1.165) is 47.4 Å². The molecular weight excluding hydrogens is 392 g/mol. The van der Waals surface area contributed by atoms with Crippen molar-refractivity contribution >= 4 is 17.4 Å². The van der Waals surface area contributed by atoms with Gasteiger partial charge < -0.3 is 19.9 Å². The van der Waals surface area contributed by atoms with Crippen molar-refractivity contribution < 1.29 is 9.53 Å². The lowest BCUT2D eigenvalue weighted by Crippen LogP contribution is -2.50. The molecule has 1 aliphatic rings. The number of anilines is 2. The predicted molar refractivity (Wildman–Crippen MR) is 121 cm³/mol. The first-order valence-electron chi connectivity index (χ1n) is 10.6. The summed E-state index contributed by atoms with van der Waals surface area (Å²) in [6.45, 7) is 9.46. The summed E-state index contributed by atoms with van der Waals surface area (Å²) in [5.41, 5.74) is 3.91. The molecule has 3 heterocycles. The lowest BCUT2D eigenvalue weighted by molar-refractivity contribution is 0.208. The Morgan fingerprint density at radius 3 is 2.45 bits per heavy atom. The van der Waals surface area contributed by atoms with Crippen LogP contribution < -0.4 is 15.0 Å². The number of urea groups is 1. The highest BCUT2D eigenvalue weighted by Crippen LogP contribution is 2.27. The maximum absolute atomic E-state index is 12.7. The van der Waals surface area contributed by atoms with Crippen molar-refractivity contribution in [1.82, 2.24) is 19.7 Å². The lowest BCUT2D eigenvalue weighted by atomic mass is 10.2. The number of hydrogen-bond donors (Lipinski definition) is 1. The topological polar surface area (TPSA) is 75.5 Å². The van der Waals surface area contributed by atoms with Gasteiger partial charge in [0.25, 0.3) is 0 Å². The minimum atomic E-state index is -0.0820. The van der Waals surface area contributed by atoms with Gasteiger partial charge in [0.2, 0.25) is 0 Å². The zero-order valence-corrected chi connectivity index (χ0v) is 18.2. The van der Waals surface area contributed by atoms with E-state index in [1.807, 2.05) is 65.9 Å². The number of aromatic nitrogens is 3. The molecule has 2 aromatic heterocycles. The van der Waals surface area contributed by atoms with Crippen molar-refractivity contribution in [2.45, 2.75) is 20.8 Å². The summed E-state index contributed by atoms with van der Waals surface area (Å²) in [4.78, 5) is 21.2. The fraction of sp³-hybridized carbons (Fsp3) is 0.348. The van der Waals surface area contributed by atoms with Gasteiger partial charge in [0.15, 0.2) is 5.82 Å². The molecule has 1 saturated heterocycles. The summed E-state index contributed by atoms with van der Waals surface area (Å²) in [6.07, 6.45) is 1.77. The van der Waals surface area contributed by atoms with Crippen LogP contribution in [0.25, 0.3) is 5.82 Å². The van der Waals surface area contributed by atoms with E-state index in [1.165, 1.54) is 0 Å². The molecule has 162 valence electrons. The number of aryl methyl sites for hydroxylation is 1. The number of pyridine rings is 1. The zero-order valence-electron chi connectivity index (χ0n) is 18.2. The van der Waals surface area contributed by atoms with Crippen LogP contribution in [0.1, 0.15) is 18.3 Å². The molecule has 31 heavy (non-hydrogen) atoms. The highest BCUT2D eigenvalue weighted by atomic mass is 16.5. The molecule has 0 aliphatic carbocycles. The third-order valence-corrected chi connectivity index (χ3v) is 5.42. The summed E-state index contributed by atoms with van der Waals surface area (Å²) in [7, 11) is 0. The Balaban J connectivity index is 1.38. The molecule has 0 spiro atoms. The third kappa shape index (κ3) is 4.47. The van der Waals surface area contributed by atoms with Gasteiger partial charge in [-0.3, -0.25) is 0 Å². The highest BCUT2D eigenvalue weighted by molar-refractivity contribution is 5.89. The Labute approximate surface area is 182 Å². The molecule has 4 rings (SSSR count). The number of carbonyl (C=O) groups excluding carboxylic acids is 1. The van der Waals surface area contributed by atoms with Gasteiger partial charge in [-0.1, -0.05) is 6.07 Å². The van der Waals surface area contributed by atoms with Crippen LogP contribution in [0.4, 0.5) is 16.2 Å². The van der Waals surface area contributed by atoms with E-state index in [-0.39, 0.29) is 6.03 Å². The molecule has 3 aromatic rings. The van der Waals surface area contributed by atoms with Crippen molar-refractivity contribution in [1.29, 1.82) is 0 Å². The second kappa shape index (κ2) is 9.07. The van der Waals surface area contributed by atoms with Crippen molar-refractivity contribution in [3.63, 3.8) is 0 Å². The van der Waals surface area contributed by atoms with Gasteiger partial charge in [0.1, 0.15) is 5.75 Å². The van der Waals surface area contributed by atoms with Crippen LogP contribution in [0.15, 0.2) is 48.7 Å². The summed E-state index contributed by atoms with van der Waals surface area (Å²) < 4.78 is 7.33. The first-order chi connectivity index (χ1) is 15.1. The third-order valence-electron chi connectivity index (χ3n) is 5.42. The van der Waals surface area contributed by atoms with E-state index in [1.54, 1.807) is 6.20 Å². The highest BCUT2D eigenvalue weighted by Gasteiger charge is 2.25. The smallest absolute Gasteiger partial charge is 0.321 e. The number of piperazine rings is 1. The van der Waals surface area contributed by atoms with Crippen molar-refractivity contribution in [2.75, 3.05) is 43.0 Å². The molecule has 1 aromatic carbocycles. The van der Waals surface area contributed by atoms with Crippen LogP contribution in [-0.2, 0) is 0 Å². The molecule has 1 aliphatic heterocycles. The summed E-state index contributed by atoms with van der Waals surface area (Å²) in [5.74, 6) is 1.61. The number of ether oxygens (including phenoxy) is 1. The van der Waals surface area contributed by atoms with Gasteiger partial charge in [0.05, 0.1) is 23.7 Å². The van der Waals surface area contributed by atoms with Crippen molar-refractivity contribution in [3.8, 4) is 11.6 Å². The number of rotatable bonds is 5. The van der Waals surface area contributed by atoms with Gasteiger partial charge in [-0.2, -0.15) is 5.10 Å². The van der Waals surface area contributed by atoms with E-state index in [9.17, 15) is 4.79 Å². The van der Waals surface area contributed by atoms with Crippen molar-refractivity contribution in [2.24, 2.45) is 0 Å². The van der Waals surface area contributed by atoms with E-state index < -0.39 is 0 Å². The minimum Gasteiger partial charge on any atom is -0.494 e. The average molecular weight is 421 g/mol.